The lowest BCUT2D eigenvalue weighted by Gasteiger charge is -2.51. The Morgan fingerprint density at radius 1 is 1.22 bits per heavy atom. The number of hydrogen-bond donors (Lipinski definition) is 4. The first-order chi connectivity index (χ1) is 15.2. The summed E-state index contributed by atoms with van der Waals surface area (Å²) >= 11 is 0. The lowest BCUT2D eigenvalue weighted by molar-refractivity contribution is 0.00552. The van der Waals surface area contributed by atoms with Crippen LogP contribution in [0.4, 0.5) is 0 Å². The van der Waals surface area contributed by atoms with E-state index in [2.05, 4.69) is 10.2 Å². The molecule has 0 aliphatic heterocycles. The van der Waals surface area contributed by atoms with Crippen LogP contribution < -0.4 is 22.7 Å². The number of unbranched alkanes of at least 4 members (excludes halogenated alkanes) is 1. The Morgan fingerprint density at radius 2 is 1.88 bits per heavy atom. The number of aryl methyl sites for hydroxylation is 1. The minimum atomic E-state index is -0.694. The molecule has 32 heavy (non-hydrogen) atoms. The van der Waals surface area contributed by atoms with Gasteiger partial charge in [0.2, 0.25) is 5.88 Å². The number of H-pyrrole nitrogens is 1. The van der Waals surface area contributed by atoms with Crippen LogP contribution in [0.2, 0.25) is 0 Å². The number of aromatic hydroxyl groups is 1. The van der Waals surface area contributed by atoms with E-state index in [-0.39, 0.29) is 35.3 Å². The van der Waals surface area contributed by atoms with Crippen molar-refractivity contribution in [3.8, 4) is 5.88 Å². The molecule has 0 bridgehead atoms. The summed E-state index contributed by atoms with van der Waals surface area (Å²) in [6, 6.07) is -0.172. The molecule has 11 nitrogen and oxygen atoms in total. The van der Waals surface area contributed by atoms with E-state index in [9.17, 15) is 19.5 Å². The van der Waals surface area contributed by atoms with E-state index in [4.69, 9.17) is 11.1 Å². The monoisotopic (exact) mass is 445 g/mol. The number of nitrogens with one attached hydrogen (secondary N) is 2. The van der Waals surface area contributed by atoms with E-state index >= 15 is 0 Å². The zero-order valence-corrected chi connectivity index (χ0v) is 18.6. The Labute approximate surface area is 184 Å². The normalized spacial score (nSPS) is 25.1. The average Bonchev–Trinajstić information content (AvgIpc) is 3.04. The van der Waals surface area contributed by atoms with Gasteiger partial charge in [-0.1, -0.05) is 13.3 Å². The second-order valence-corrected chi connectivity index (χ2v) is 9.31. The number of aromatic amines is 1. The maximum absolute atomic E-state index is 13.1. The van der Waals surface area contributed by atoms with Crippen molar-refractivity contribution < 1.29 is 5.11 Å². The highest BCUT2D eigenvalue weighted by atomic mass is 16.3. The van der Waals surface area contributed by atoms with Crippen molar-refractivity contribution in [3.63, 3.8) is 0 Å². The summed E-state index contributed by atoms with van der Waals surface area (Å²) in [6.07, 6.45) is 6.22. The van der Waals surface area contributed by atoms with Crippen LogP contribution in [0.15, 0.2) is 14.4 Å². The molecule has 0 aromatic carbocycles. The second kappa shape index (κ2) is 8.10. The third-order valence-corrected chi connectivity index (χ3v) is 7.32. The van der Waals surface area contributed by atoms with E-state index in [1.54, 1.807) is 4.57 Å². The van der Waals surface area contributed by atoms with Gasteiger partial charge >= 0.3 is 11.4 Å². The van der Waals surface area contributed by atoms with E-state index < -0.39 is 23.0 Å². The molecule has 2 heterocycles. The number of nitrogens with zero attached hydrogens (tertiary/aromatic N) is 4. The largest absolute Gasteiger partial charge is 0.494 e. The van der Waals surface area contributed by atoms with Crippen LogP contribution in [0.1, 0.15) is 81.8 Å². The van der Waals surface area contributed by atoms with E-state index in [0.717, 1.165) is 32.1 Å². The van der Waals surface area contributed by atoms with Gasteiger partial charge in [-0.05, 0) is 57.3 Å². The minimum Gasteiger partial charge on any atom is -0.494 e. The summed E-state index contributed by atoms with van der Waals surface area (Å²) in [4.78, 5) is 38.1. The zero-order chi connectivity index (χ0) is 23.2. The molecule has 2 fully saturated rings. The van der Waals surface area contributed by atoms with Crippen molar-refractivity contribution in [2.24, 2.45) is 11.1 Å². The van der Waals surface area contributed by atoms with Gasteiger partial charge in [0.15, 0.2) is 0 Å². The first kappa shape index (κ1) is 22.1. The van der Waals surface area contributed by atoms with Gasteiger partial charge in [-0.25, -0.2) is 14.7 Å². The van der Waals surface area contributed by atoms with Crippen LogP contribution in [0, 0.1) is 17.7 Å². The van der Waals surface area contributed by atoms with Crippen molar-refractivity contribution in [3.05, 3.63) is 42.7 Å². The van der Waals surface area contributed by atoms with Crippen LogP contribution >= 0.6 is 0 Å². The Balaban J connectivity index is 1.57. The average molecular weight is 446 g/mol. The molecular weight excluding hydrogens is 414 g/mol. The van der Waals surface area contributed by atoms with Gasteiger partial charge in [-0.2, -0.15) is 5.10 Å². The van der Waals surface area contributed by atoms with Crippen LogP contribution in [-0.2, 0) is 6.54 Å². The summed E-state index contributed by atoms with van der Waals surface area (Å²) < 4.78 is 4.08. The molecule has 1 spiro atoms. The SMILES string of the molecule is CCCCn1c(O)c(C(=N)N)c(=O)n(C2CCC3(CC2)CC(n2c(C)n[nH]c2=O)C3)c1=O. The fraction of sp³-hybridized carbons (Fsp3) is 0.667. The van der Waals surface area contributed by atoms with Gasteiger partial charge in [0, 0.05) is 18.6 Å². The number of nitrogens with two attached hydrogens (primary N) is 1. The first-order valence-electron chi connectivity index (χ1n) is 11.3. The van der Waals surface area contributed by atoms with Crippen LogP contribution in [0.5, 0.6) is 5.88 Å². The molecule has 4 rings (SSSR count). The Hall–Kier alpha value is -3.11. The predicted molar refractivity (Wildman–Crippen MR) is 118 cm³/mol. The topological polar surface area (TPSA) is 165 Å². The molecule has 2 saturated carbocycles. The molecule has 2 aromatic rings. The lowest BCUT2D eigenvalue weighted by atomic mass is 9.57. The molecule has 11 heteroatoms. The van der Waals surface area contributed by atoms with E-state index in [1.165, 1.54) is 9.13 Å². The summed E-state index contributed by atoms with van der Waals surface area (Å²) in [5.74, 6) is -0.377. The van der Waals surface area contributed by atoms with Crippen LogP contribution in [0.25, 0.3) is 0 Å². The molecule has 0 atom stereocenters. The Kier molecular flexibility index (Phi) is 5.59. The quantitative estimate of drug-likeness (QED) is 0.384. The zero-order valence-electron chi connectivity index (χ0n) is 18.6. The van der Waals surface area contributed by atoms with Gasteiger partial charge < -0.3 is 10.8 Å². The number of amidine groups is 1. The molecule has 2 aliphatic carbocycles. The van der Waals surface area contributed by atoms with Crippen molar-refractivity contribution in [1.82, 2.24) is 23.9 Å². The van der Waals surface area contributed by atoms with Crippen LogP contribution in [-0.4, -0.2) is 34.8 Å². The van der Waals surface area contributed by atoms with Gasteiger partial charge in [-0.3, -0.25) is 23.9 Å². The van der Waals surface area contributed by atoms with Gasteiger partial charge in [0.25, 0.3) is 5.56 Å². The summed E-state index contributed by atoms with van der Waals surface area (Å²) in [5, 5.41) is 24.7. The van der Waals surface area contributed by atoms with Gasteiger partial charge in [0.1, 0.15) is 17.2 Å². The number of rotatable bonds is 6. The molecular formula is C21H31N7O4. The van der Waals surface area contributed by atoms with Crippen molar-refractivity contribution >= 4 is 5.84 Å². The molecule has 0 radical (unpaired) electrons. The highest BCUT2D eigenvalue weighted by Crippen LogP contribution is 2.57. The Morgan fingerprint density at radius 3 is 2.41 bits per heavy atom. The Bertz CT molecular complexity index is 1200. The summed E-state index contributed by atoms with van der Waals surface area (Å²) in [6.45, 7) is 4.04. The highest BCUT2D eigenvalue weighted by Gasteiger charge is 2.48. The molecule has 5 N–H and O–H groups in total. The number of aromatic nitrogens is 5. The molecule has 0 unspecified atom stereocenters. The van der Waals surface area contributed by atoms with Crippen molar-refractivity contribution in [2.45, 2.75) is 83.8 Å². The second-order valence-electron chi connectivity index (χ2n) is 9.31. The standard InChI is InChI=1S/C21H31N7O4/c1-3-4-9-26-17(29)15(16(22)23)18(30)28(20(26)32)13-5-7-21(8-6-13)10-14(11-21)27-12(2)24-25-19(27)31/h13-14,29H,3-11H2,1-2H3,(H3,22,23)(H,25,31). The summed E-state index contributed by atoms with van der Waals surface area (Å²) in [7, 11) is 0. The maximum atomic E-state index is 13.1. The van der Waals surface area contributed by atoms with Crippen molar-refractivity contribution in [2.75, 3.05) is 0 Å². The molecule has 2 aliphatic rings. The van der Waals surface area contributed by atoms with Gasteiger partial charge in [-0.15, -0.1) is 0 Å². The molecule has 0 saturated heterocycles. The third-order valence-electron chi connectivity index (χ3n) is 7.32. The highest BCUT2D eigenvalue weighted by molar-refractivity contribution is 5.96. The predicted octanol–water partition coefficient (Wildman–Crippen LogP) is 1.13. The number of nitrogen functional groups attached to an aromatic ring is 1. The maximum Gasteiger partial charge on any atom is 0.343 e. The van der Waals surface area contributed by atoms with E-state index in [0.29, 0.717) is 25.1 Å². The number of hydrogen-bond acceptors (Lipinski definition) is 6. The molecule has 0 amide bonds. The lowest BCUT2D eigenvalue weighted by Crippen LogP contribution is -2.49. The fourth-order valence-corrected chi connectivity index (χ4v) is 5.55. The summed E-state index contributed by atoms with van der Waals surface area (Å²) in [5.41, 5.74) is 3.96. The first-order valence-corrected chi connectivity index (χ1v) is 11.3. The smallest absolute Gasteiger partial charge is 0.343 e. The minimum absolute atomic E-state index is 0.107. The fourth-order valence-electron chi connectivity index (χ4n) is 5.55. The molecule has 2 aromatic heterocycles. The van der Waals surface area contributed by atoms with Crippen LogP contribution in [0.3, 0.4) is 0 Å². The van der Waals surface area contributed by atoms with E-state index in [1.807, 2.05) is 13.8 Å². The third kappa shape index (κ3) is 3.49. The van der Waals surface area contributed by atoms with Gasteiger partial charge in [0.05, 0.1) is 0 Å². The van der Waals surface area contributed by atoms with Crippen molar-refractivity contribution in [1.29, 1.82) is 5.41 Å². The molecule has 174 valence electrons.